The van der Waals surface area contributed by atoms with E-state index in [1.54, 1.807) is 12.5 Å². The average molecular weight is 294 g/mol. The first kappa shape index (κ1) is 12.9. The Kier molecular flexibility index (Phi) is 2.35. The van der Waals surface area contributed by atoms with Gasteiger partial charge in [0.15, 0.2) is 0 Å². The van der Waals surface area contributed by atoms with Gasteiger partial charge in [0.25, 0.3) is 0 Å². The number of hydrogen-bond donors (Lipinski definition) is 0. The van der Waals surface area contributed by atoms with E-state index in [9.17, 15) is 4.79 Å². The number of carbonyl (C=O) groups is 1. The second-order valence-electron chi connectivity index (χ2n) is 7.35. The lowest BCUT2D eigenvalue weighted by Crippen LogP contribution is -2.77. The van der Waals surface area contributed by atoms with Gasteiger partial charge in [0.1, 0.15) is 0 Å². The lowest BCUT2D eigenvalue weighted by molar-refractivity contribution is -0.119. The number of anilines is 1. The van der Waals surface area contributed by atoms with Gasteiger partial charge in [-0.1, -0.05) is 29.8 Å². The summed E-state index contributed by atoms with van der Waals surface area (Å²) in [5, 5.41) is 0. The number of para-hydroxylation sites is 1. The van der Waals surface area contributed by atoms with Gasteiger partial charge >= 0.3 is 0 Å². The Labute approximate surface area is 131 Å². The van der Waals surface area contributed by atoms with Crippen LogP contribution in [0.3, 0.4) is 0 Å². The highest BCUT2D eigenvalue weighted by Crippen LogP contribution is 2.63. The molecule has 22 heavy (non-hydrogen) atoms. The summed E-state index contributed by atoms with van der Waals surface area (Å²) in [6, 6.07) is 9.51. The lowest BCUT2D eigenvalue weighted by Gasteiger charge is -2.67. The molecule has 1 amide bonds. The minimum absolute atomic E-state index is 0.154. The molecule has 1 aliphatic carbocycles. The molecule has 1 spiro atoms. The highest BCUT2D eigenvalue weighted by atomic mass is 16.2. The largest absolute Gasteiger partial charge is 0.308 e. The monoisotopic (exact) mass is 294 g/mol. The third-order valence-corrected chi connectivity index (χ3v) is 6.62. The van der Waals surface area contributed by atoms with E-state index in [2.05, 4.69) is 47.1 Å². The van der Waals surface area contributed by atoms with Crippen molar-refractivity contribution in [3.63, 3.8) is 0 Å². The van der Waals surface area contributed by atoms with Crippen molar-refractivity contribution in [1.29, 1.82) is 0 Å². The Morgan fingerprint density at radius 3 is 2.95 bits per heavy atom. The van der Waals surface area contributed by atoms with Crippen LogP contribution in [0.4, 0.5) is 5.69 Å². The number of amides is 1. The van der Waals surface area contributed by atoms with Gasteiger partial charge in [0.2, 0.25) is 5.91 Å². The Hall–Kier alpha value is -1.61. The quantitative estimate of drug-likeness (QED) is 0.687. The molecule has 4 atom stereocenters. The maximum absolute atomic E-state index is 12.4. The molecule has 2 saturated heterocycles. The molecule has 0 radical (unpaired) electrons. The topological polar surface area (TPSA) is 23.6 Å². The van der Waals surface area contributed by atoms with Crippen molar-refractivity contribution in [3.05, 3.63) is 41.5 Å². The molecule has 0 N–H and O–H groups in total. The van der Waals surface area contributed by atoms with Crippen LogP contribution in [0.15, 0.2) is 35.9 Å². The molecule has 114 valence electrons. The van der Waals surface area contributed by atoms with Crippen molar-refractivity contribution in [1.82, 2.24) is 4.90 Å². The van der Waals surface area contributed by atoms with E-state index in [0.29, 0.717) is 18.0 Å². The molecule has 1 saturated carbocycles. The van der Waals surface area contributed by atoms with E-state index in [1.807, 2.05) is 0 Å². The summed E-state index contributed by atoms with van der Waals surface area (Å²) in [6.45, 7) is 6.27. The van der Waals surface area contributed by atoms with Gasteiger partial charge < -0.3 is 4.90 Å². The molecule has 2 bridgehead atoms. The third-order valence-electron chi connectivity index (χ3n) is 6.62. The standard InChI is InChI=1S/C19H22N2O/c1-3-14-13-8-9-20-11-19(18(14)20)15-6-4-5-7-16(15)21(12(2)22)17(19)10-13/h3-7,13,17-18H,8-11H2,1-2H3. The molecule has 0 aromatic heterocycles. The van der Waals surface area contributed by atoms with Crippen molar-refractivity contribution in [2.45, 2.75) is 44.2 Å². The predicted molar refractivity (Wildman–Crippen MR) is 86.9 cm³/mol. The Morgan fingerprint density at radius 1 is 1.36 bits per heavy atom. The van der Waals surface area contributed by atoms with Crippen LogP contribution in [0.2, 0.25) is 0 Å². The van der Waals surface area contributed by atoms with Gasteiger partial charge in [-0.3, -0.25) is 9.69 Å². The molecular weight excluding hydrogens is 272 g/mol. The Balaban J connectivity index is 1.75. The van der Waals surface area contributed by atoms with Crippen LogP contribution >= 0.6 is 0 Å². The van der Waals surface area contributed by atoms with Crippen LogP contribution in [0.5, 0.6) is 0 Å². The molecule has 3 nitrogen and oxygen atoms in total. The zero-order chi connectivity index (χ0) is 15.1. The summed E-state index contributed by atoms with van der Waals surface area (Å²) < 4.78 is 0. The van der Waals surface area contributed by atoms with Crippen LogP contribution in [-0.2, 0) is 10.2 Å². The van der Waals surface area contributed by atoms with Crippen LogP contribution in [-0.4, -0.2) is 36.0 Å². The molecule has 3 heterocycles. The predicted octanol–water partition coefficient (Wildman–Crippen LogP) is 2.71. The fourth-order valence-electron chi connectivity index (χ4n) is 5.95. The van der Waals surface area contributed by atoms with E-state index in [4.69, 9.17) is 0 Å². The highest BCUT2D eigenvalue weighted by molar-refractivity contribution is 5.96. The Bertz CT molecular complexity index is 709. The van der Waals surface area contributed by atoms with Crippen molar-refractivity contribution >= 4 is 11.6 Å². The van der Waals surface area contributed by atoms with Gasteiger partial charge in [0, 0.05) is 25.2 Å². The molecule has 4 unspecified atom stereocenters. The second kappa shape index (κ2) is 4.02. The molecule has 3 fully saturated rings. The first-order chi connectivity index (χ1) is 10.7. The fraction of sp³-hybridized carbons (Fsp3) is 0.526. The van der Waals surface area contributed by atoms with Crippen molar-refractivity contribution in [2.24, 2.45) is 5.92 Å². The van der Waals surface area contributed by atoms with Gasteiger partial charge in [-0.15, -0.1) is 0 Å². The van der Waals surface area contributed by atoms with E-state index in [1.165, 1.54) is 24.2 Å². The van der Waals surface area contributed by atoms with E-state index in [-0.39, 0.29) is 11.3 Å². The van der Waals surface area contributed by atoms with Crippen LogP contribution in [0, 0.1) is 5.92 Å². The second-order valence-corrected chi connectivity index (χ2v) is 7.35. The summed E-state index contributed by atoms with van der Waals surface area (Å²) >= 11 is 0. The summed E-state index contributed by atoms with van der Waals surface area (Å²) in [4.78, 5) is 17.1. The van der Waals surface area contributed by atoms with E-state index >= 15 is 0 Å². The maximum atomic E-state index is 12.4. The molecule has 3 aliphatic heterocycles. The van der Waals surface area contributed by atoms with Crippen molar-refractivity contribution in [3.8, 4) is 0 Å². The summed E-state index contributed by atoms with van der Waals surface area (Å²) in [7, 11) is 0. The van der Waals surface area contributed by atoms with Crippen LogP contribution in [0.25, 0.3) is 0 Å². The minimum Gasteiger partial charge on any atom is -0.308 e. The number of benzene rings is 1. The molecule has 3 heteroatoms. The SMILES string of the molecule is CC=C1C2CCN3CC4(c5ccccc5N(C(C)=O)C4C2)C13. The summed E-state index contributed by atoms with van der Waals surface area (Å²) in [6.07, 6.45) is 4.75. The summed E-state index contributed by atoms with van der Waals surface area (Å²) in [5.41, 5.74) is 4.37. The Morgan fingerprint density at radius 2 is 2.18 bits per heavy atom. The number of allylic oxidation sites excluding steroid dienone is 1. The maximum Gasteiger partial charge on any atom is 0.224 e. The number of rotatable bonds is 0. The van der Waals surface area contributed by atoms with Gasteiger partial charge in [0.05, 0.1) is 11.5 Å². The molecule has 4 aliphatic rings. The zero-order valence-corrected chi connectivity index (χ0v) is 13.2. The number of piperidine rings is 1. The fourth-order valence-corrected chi connectivity index (χ4v) is 5.95. The van der Waals surface area contributed by atoms with Crippen LogP contribution in [0.1, 0.15) is 32.3 Å². The van der Waals surface area contributed by atoms with E-state index < -0.39 is 0 Å². The minimum atomic E-state index is 0.154. The summed E-state index contributed by atoms with van der Waals surface area (Å²) in [5.74, 6) is 0.871. The number of nitrogens with zero attached hydrogens (tertiary/aromatic N) is 2. The number of hydrogen-bond acceptors (Lipinski definition) is 2. The van der Waals surface area contributed by atoms with Gasteiger partial charge in [-0.2, -0.15) is 0 Å². The third kappa shape index (κ3) is 1.22. The van der Waals surface area contributed by atoms with Crippen molar-refractivity contribution < 1.29 is 4.79 Å². The lowest BCUT2D eigenvalue weighted by atomic mass is 9.52. The van der Waals surface area contributed by atoms with Gasteiger partial charge in [-0.25, -0.2) is 0 Å². The van der Waals surface area contributed by atoms with Gasteiger partial charge in [-0.05, 0) is 43.9 Å². The smallest absolute Gasteiger partial charge is 0.224 e. The average Bonchev–Trinajstić information content (AvgIpc) is 2.76. The normalized spacial score (nSPS) is 40.2. The van der Waals surface area contributed by atoms with Crippen molar-refractivity contribution in [2.75, 3.05) is 18.0 Å². The molecule has 1 aromatic rings. The first-order valence-electron chi connectivity index (χ1n) is 8.48. The zero-order valence-electron chi connectivity index (χ0n) is 13.2. The van der Waals surface area contributed by atoms with E-state index in [0.717, 1.165) is 13.0 Å². The first-order valence-corrected chi connectivity index (χ1v) is 8.48. The molecule has 1 aromatic carbocycles. The number of fused-ring (bicyclic) bond motifs is 2. The highest BCUT2D eigenvalue weighted by Gasteiger charge is 2.69. The van der Waals surface area contributed by atoms with Crippen LogP contribution < -0.4 is 4.90 Å². The molecular formula is C19H22N2O. The molecule has 5 rings (SSSR count). The number of carbonyl (C=O) groups excluding carboxylic acids is 1.